The molecule has 2 aromatic heterocycles. The van der Waals surface area contributed by atoms with Gasteiger partial charge in [-0.2, -0.15) is 0 Å². The number of benzene rings is 2. The molecular formula is C27H26ClN5O. The average Bonchev–Trinajstić information content (AvgIpc) is 2.90. The molecule has 172 valence electrons. The maximum Gasteiger partial charge on any atom is 0.269 e. The number of nitrogens with zero attached hydrogens (tertiary/aromatic N) is 4. The summed E-state index contributed by atoms with van der Waals surface area (Å²) in [6.45, 7) is 4.22. The van der Waals surface area contributed by atoms with Crippen LogP contribution in [-0.2, 0) is 6.42 Å². The van der Waals surface area contributed by atoms with Gasteiger partial charge < -0.3 is 15.1 Å². The number of hydrogen-bond donors (Lipinski definition) is 1. The number of pyridine rings is 2. The predicted octanol–water partition coefficient (Wildman–Crippen LogP) is 4.58. The molecule has 34 heavy (non-hydrogen) atoms. The predicted molar refractivity (Wildman–Crippen MR) is 138 cm³/mol. The van der Waals surface area contributed by atoms with Crippen LogP contribution in [0.2, 0.25) is 5.02 Å². The quantitative estimate of drug-likeness (QED) is 0.446. The van der Waals surface area contributed by atoms with Crippen LogP contribution in [0.4, 0.5) is 11.5 Å². The zero-order valence-electron chi connectivity index (χ0n) is 18.8. The minimum atomic E-state index is -0.199. The Balaban J connectivity index is 1.20. The highest BCUT2D eigenvalue weighted by molar-refractivity contribution is 6.31. The van der Waals surface area contributed by atoms with E-state index >= 15 is 0 Å². The van der Waals surface area contributed by atoms with Gasteiger partial charge in [0.15, 0.2) is 0 Å². The standard InChI is InChI=1S/C27H26ClN5O/c28-22-9-5-4-6-20(22)14-15-29-27(34)25-11-10-24-23(30-25)12-13-26(31-24)33-18-16-32(17-19-33)21-7-2-1-3-8-21/h1-13H,14-19H2,(H,29,34). The summed E-state index contributed by atoms with van der Waals surface area (Å²) in [5, 5.41) is 3.64. The Kier molecular flexibility index (Phi) is 6.58. The number of anilines is 2. The van der Waals surface area contributed by atoms with Crippen molar-refractivity contribution in [2.45, 2.75) is 6.42 Å². The summed E-state index contributed by atoms with van der Waals surface area (Å²) in [7, 11) is 0. The molecule has 7 heteroatoms. The van der Waals surface area contributed by atoms with E-state index in [-0.39, 0.29) is 5.91 Å². The highest BCUT2D eigenvalue weighted by Gasteiger charge is 2.19. The monoisotopic (exact) mass is 471 g/mol. The molecule has 0 spiro atoms. The number of rotatable bonds is 6. The maximum atomic E-state index is 12.6. The molecule has 1 N–H and O–H groups in total. The van der Waals surface area contributed by atoms with Gasteiger partial charge in [0, 0.05) is 43.4 Å². The molecule has 5 rings (SSSR count). The molecule has 2 aromatic carbocycles. The van der Waals surface area contributed by atoms with E-state index < -0.39 is 0 Å². The van der Waals surface area contributed by atoms with Crippen LogP contribution < -0.4 is 15.1 Å². The molecule has 1 aliphatic heterocycles. The molecule has 1 saturated heterocycles. The third kappa shape index (κ3) is 4.97. The Labute approximate surface area is 204 Å². The van der Waals surface area contributed by atoms with E-state index in [9.17, 15) is 4.79 Å². The summed E-state index contributed by atoms with van der Waals surface area (Å²) in [6, 6.07) is 25.7. The number of fused-ring (bicyclic) bond motifs is 1. The zero-order chi connectivity index (χ0) is 23.3. The van der Waals surface area contributed by atoms with E-state index in [1.807, 2.05) is 48.5 Å². The van der Waals surface area contributed by atoms with Gasteiger partial charge in [-0.05, 0) is 54.4 Å². The van der Waals surface area contributed by atoms with Gasteiger partial charge in [-0.3, -0.25) is 4.79 Å². The minimum absolute atomic E-state index is 0.199. The van der Waals surface area contributed by atoms with Gasteiger partial charge in [-0.25, -0.2) is 9.97 Å². The van der Waals surface area contributed by atoms with Crippen molar-refractivity contribution in [1.29, 1.82) is 0 Å². The van der Waals surface area contributed by atoms with Crippen molar-refractivity contribution in [3.05, 3.63) is 95.1 Å². The van der Waals surface area contributed by atoms with E-state index in [1.54, 1.807) is 6.07 Å². The summed E-state index contributed by atoms with van der Waals surface area (Å²) >= 11 is 6.19. The number of carbonyl (C=O) groups is 1. The van der Waals surface area contributed by atoms with Crippen molar-refractivity contribution in [2.75, 3.05) is 42.5 Å². The van der Waals surface area contributed by atoms with E-state index in [0.29, 0.717) is 29.2 Å². The molecule has 0 atom stereocenters. The Morgan fingerprint density at radius 3 is 2.26 bits per heavy atom. The van der Waals surface area contributed by atoms with Crippen LogP contribution in [-0.4, -0.2) is 48.6 Å². The normalized spacial score (nSPS) is 13.8. The third-order valence-electron chi connectivity index (χ3n) is 6.12. The van der Waals surface area contributed by atoms with E-state index in [1.165, 1.54) is 5.69 Å². The summed E-state index contributed by atoms with van der Waals surface area (Å²) in [5.74, 6) is 0.744. The van der Waals surface area contributed by atoms with Gasteiger partial charge in [0.1, 0.15) is 11.5 Å². The molecule has 0 saturated carbocycles. The fourth-order valence-corrected chi connectivity index (χ4v) is 4.47. The van der Waals surface area contributed by atoms with E-state index in [4.69, 9.17) is 16.6 Å². The lowest BCUT2D eigenvalue weighted by Crippen LogP contribution is -2.46. The fraction of sp³-hybridized carbons (Fsp3) is 0.222. The van der Waals surface area contributed by atoms with Crippen LogP contribution in [0.25, 0.3) is 11.0 Å². The molecule has 1 fully saturated rings. The first kappa shape index (κ1) is 22.2. The topological polar surface area (TPSA) is 61.4 Å². The van der Waals surface area contributed by atoms with Crippen molar-refractivity contribution >= 4 is 40.0 Å². The van der Waals surface area contributed by atoms with Gasteiger partial charge in [0.25, 0.3) is 5.91 Å². The number of amides is 1. The molecule has 0 aliphatic carbocycles. The second-order valence-electron chi connectivity index (χ2n) is 8.31. The zero-order valence-corrected chi connectivity index (χ0v) is 19.6. The van der Waals surface area contributed by atoms with Crippen LogP contribution >= 0.6 is 11.6 Å². The number of para-hydroxylation sites is 1. The lowest BCUT2D eigenvalue weighted by atomic mass is 10.1. The Morgan fingerprint density at radius 2 is 1.47 bits per heavy atom. The molecule has 1 amide bonds. The fourth-order valence-electron chi connectivity index (χ4n) is 4.24. The summed E-state index contributed by atoms with van der Waals surface area (Å²) in [4.78, 5) is 26.6. The smallest absolute Gasteiger partial charge is 0.269 e. The Morgan fingerprint density at radius 1 is 0.794 bits per heavy atom. The second kappa shape index (κ2) is 10.1. The van der Waals surface area contributed by atoms with Crippen molar-refractivity contribution in [3.8, 4) is 0 Å². The average molecular weight is 472 g/mol. The first-order chi connectivity index (χ1) is 16.7. The van der Waals surface area contributed by atoms with Crippen LogP contribution in [0, 0.1) is 0 Å². The molecule has 6 nitrogen and oxygen atoms in total. The SMILES string of the molecule is O=C(NCCc1ccccc1Cl)c1ccc2nc(N3CCN(c4ccccc4)CC3)ccc2n1. The molecule has 1 aliphatic rings. The van der Waals surface area contributed by atoms with Crippen LogP contribution in [0.1, 0.15) is 16.1 Å². The highest BCUT2D eigenvalue weighted by Crippen LogP contribution is 2.21. The summed E-state index contributed by atoms with van der Waals surface area (Å²) < 4.78 is 0. The third-order valence-corrected chi connectivity index (χ3v) is 6.49. The minimum Gasteiger partial charge on any atom is -0.368 e. The number of nitrogens with one attached hydrogen (secondary N) is 1. The Hall–Kier alpha value is -3.64. The largest absolute Gasteiger partial charge is 0.368 e. The van der Waals surface area contributed by atoms with Crippen LogP contribution in [0.3, 0.4) is 0 Å². The maximum absolute atomic E-state index is 12.6. The first-order valence-electron chi connectivity index (χ1n) is 11.5. The number of piperazine rings is 1. The van der Waals surface area contributed by atoms with E-state index in [2.05, 4.69) is 44.4 Å². The van der Waals surface area contributed by atoms with Crippen molar-refractivity contribution in [1.82, 2.24) is 15.3 Å². The lowest BCUT2D eigenvalue weighted by Gasteiger charge is -2.36. The van der Waals surface area contributed by atoms with Gasteiger partial charge in [-0.1, -0.05) is 48.0 Å². The van der Waals surface area contributed by atoms with Gasteiger partial charge in [0.05, 0.1) is 11.0 Å². The highest BCUT2D eigenvalue weighted by atomic mass is 35.5. The van der Waals surface area contributed by atoms with Crippen molar-refractivity contribution < 1.29 is 4.79 Å². The summed E-state index contributed by atoms with van der Waals surface area (Å²) in [5.41, 5.74) is 4.16. The van der Waals surface area contributed by atoms with Gasteiger partial charge in [0.2, 0.25) is 0 Å². The number of halogens is 1. The van der Waals surface area contributed by atoms with Crippen molar-refractivity contribution in [3.63, 3.8) is 0 Å². The molecule has 3 heterocycles. The summed E-state index contributed by atoms with van der Waals surface area (Å²) in [6.07, 6.45) is 0.668. The van der Waals surface area contributed by atoms with Crippen LogP contribution in [0.5, 0.6) is 0 Å². The second-order valence-corrected chi connectivity index (χ2v) is 8.72. The van der Waals surface area contributed by atoms with E-state index in [0.717, 1.165) is 43.1 Å². The first-order valence-corrected chi connectivity index (χ1v) is 11.9. The van der Waals surface area contributed by atoms with Crippen LogP contribution in [0.15, 0.2) is 78.9 Å². The Bertz CT molecular complexity index is 1290. The lowest BCUT2D eigenvalue weighted by molar-refractivity contribution is 0.0949. The molecule has 4 aromatic rings. The van der Waals surface area contributed by atoms with Gasteiger partial charge in [-0.15, -0.1) is 0 Å². The number of hydrogen-bond acceptors (Lipinski definition) is 5. The van der Waals surface area contributed by atoms with Gasteiger partial charge >= 0.3 is 0 Å². The number of aromatic nitrogens is 2. The molecule has 0 radical (unpaired) electrons. The number of carbonyl (C=O) groups excluding carboxylic acids is 1. The van der Waals surface area contributed by atoms with Crippen molar-refractivity contribution in [2.24, 2.45) is 0 Å². The molecule has 0 unspecified atom stereocenters. The molecular weight excluding hydrogens is 446 g/mol. The molecule has 0 bridgehead atoms.